The molecule has 0 aromatic rings. The summed E-state index contributed by atoms with van der Waals surface area (Å²) in [7, 11) is 0. The third-order valence-electron chi connectivity index (χ3n) is 4.37. The van der Waals surface area contributed by atoms with Crippen LogP contribution in [0.25, 0.3) is 0 Å². The van der Waals surface area contributed by atoms with Gasteiger partial charge in [0.05, 0.1) is 11.9 Å². The Hall–Kier alpha value is -0.830. The number of hydrogen-bond acceptors (Lipinski definition) is 3. The first-order chi connectivity index (χ1) is 8.33. The Morgan fingerprint density at radius 2 is 2.11 bits per heavy atom. The Labute approximate surface area is 109 Å². The van der Waals surface area contributed by atoms with Crippen molar-refractivity contribution in [2.24, 2.45) is 17.8 Å². The number of allylic oxidation sites excluding steroid dienone is 2. The lowest BCUT2D eigenvalue weighted by molar-refractivity contribution is -0.132. The first kappa shape index (κ1) is 13.6. The first-order valence-electron chi connectivity index (χ1n) is 6.95. The predicted octanol–water partition coefficient (Wildman–Crippen LogP) is 2.68. The summed E-state index contributed by atoms with van der Waals surface area (Å²) in [6.45, 7) is 8.10. The van der Waals surface area contributed by atoms with Gasteiger partial charge in [0, 0.05) is 18.3 Å². The number of ether oxygens (including phenoxy) is 1. The molecule has 1 fully saturated rings. The van der Waals surface area contributed by atoms with E-state index in [-0.39, 0.29) is 23.5 Å². The van der Waals surface area contributed by atoms with Crippen molar-refractivity contribution in [2.45, 2.75) is 58.7 Å². The highest BCUT2D eigenvalue weighted by molar-refractivity contribution is 5.84. The van der Waals surface area contributed by atoms with Crippen LogP contribution in [0.3, 0.4) is 0 Å². The predicted molar refractivity (Wildman–Crippen MR) is 69.9 cm³/mol. The molecule has 2 aliphatic heterocycles. The molecule has 0 amide bonds. The van der Waals surface area contributed by atoms with Crippen LogP contribution < -0.4 is 0 Å². The number of ketones is 1. The number of aliphatic hydroxyl groups is 1. The van der Waals surface area contributed by atoms with E-state index in [9.17, 15) is 9.90 Å². The molecule has 0 aliphatic carbocycles. The summed E-state index contributed by atoms with van der Waals surface area (Å²) in [5, 5.41) is 10.2. The molecule has 2 aliphatic rings. The van der Waals surface area contributed by atoms with Crippen LogP contribution in [0.2, 0.25) is 0 Å². The fourth-order valence-corrected chi connectivity index (χ4v) is 2.94. The largest absolute Gasteiger partial charge is 0.489 e. The first-order valence-corrected chi connectivity index (χ1v) is 6.95. The van der Waals surface area contributed by atoms with Gasteiger partial charge in [0.2, 0.25) is 0 Å². The molecule has 3 nitrogen and oxygen atoms in total. The lowest BCUT2D eigenvalue weighted by Crippen LogP contribution is -2.42. The summed E-state index contributed by atoms with van der Waals surface area (Å²) < 4.78 is 6.03. The molecule has 0 spiro atoms. The van der Waals surface area contributed by atoms with E-state index in [0.717, 1.165) is 12.2 Å². The van der Waals surface area contributed by atoms with Crippen molar-refractivity contribution < 1.29 is 14.6 Å². The molecule has 18 heavy (non-hydrogen) atoms. The molecular weight excluding hydrogens is 228 g/mol. The topological polar surface area (TPSA) is 46.5 Å². The molecule has 3 heteroatoms. The number of fused-ring (bicyclic) bond motifs is 2. The van der Waals surface area contributed by atoms with Crippen LogP contribution >= 0.6 is 0 Å². The van der Waals surface area contributed by atoms with Crippen molar-refractivity contribution >= 4 is 5.78 Å². The molecule has 0 aromatic heterocycles. The van der Waals surface area contributed by atoms with Crippen LogP contribution in [-0.4, -0.2) is 22.6 Å². The van der Waals surface area contributed by atoms with Gasteiger partial charge in [-0.1, -0.05) is 20.8 Å². The highest BCUT2D eigenvalue weighted by Crippen LogP contribution is 2.40. The molecule has 4 atom stereocenters. The minimum absolute atomic E-state index is 0.0745. The van der Waals surface area contributed by atoms with E-state index in [1.165, 1.54) is 0 Å². The van der Waals surface area contributed by atoms with Crippen molar-refractivity contribution in [2.75, 3.05) is 0 Å². The highest BCUT2D eigenvalue weighted by Gasteiger charge is 2.44. The number of aliphatic hydroxyl groups excluding tert-OH is 1. The molecule has 2 rings (SSSR count). The molecule has 2 bridgehead atoms. The fraction of sp³-hybridized carbons (Fsp3) is 0.800. The number of rotatable bonds is 1. The van der Waals surface area contributed by atoms with Crippen LogP contribution in [0.1, 0.15) is 47.0 Å². The number of hydrogen-bond donors (Lipinski definition) is 1. The van der Waals surface area contributed by atoms with E-state index >= 15 is 0 Å². The quantitative estimate of drug-likeness (QED) is 0.780. The van der Waals surface area contributed by atoms with Gasteiger partial charge in [-0.25, -0.2) is 0 Å². The molecule has 0 aromatic carbocycles. The summed E-state index contributed by atoms with van der Waals surface area (Å²) in [6, 6.07) is 0. The molecule has 0 saturated carbocycles. The lowest BCUT2D eigenvalue weighted by atomic mass is 9.81. The molecule has 1 saturated heterocycles. The normalized spacial score (nSPS) is 40.9. The summed E-state index contributed by atoms with van der Waals surface area (Å²) in [4.78, 5) is 12.3. The molecule has 0 unspecified atom stereocenters. The van der Waals surface area contributed by atoms with Crippen LogP contribution in [0, 0.1) is 17.8 Å². The summed E-state index contributed by atoms with van der Waals surface area (Å²) in [5.41, 5.74) is -0.739. The van der Waals surface area contributed by atoms with Gasteiger partial charge in [0.1, 0.15) is 11.4 Å². The molecule has 0 radical (unpaired) electrons. The van der Waals surface area contributed by atoms with Crippen LogP contribution in [-0.2, 0) is 9.53 Å². The van der Waals surface area contributed by atoms with Crippen LogP contribution in [0.15, 0.2) is 11.8 Å². The standard InChI is InChI=1S/C15H24O3/c1-9(2)11-7-13-10(3)5-6-14(17)15(4,18-13)8-12(11)16/h7,9-11,14,17H,5-6,8H2,1-4H3/t10-,11-,14-,15-/m0/s1. The summed E-state index contributed by atoms with van der Waals surface area (Å²) in [5.74, 6) is 1.58. The second-order valence-corrected chi connectivity index (χ2v) is 6.39. The Morgan fingerprint density at radius 1 is 1.44 bits per heavy atom. The zero-order valence-corrected chi connectivity index (χ0v) is 11.8. The van der Waals surface area contributed by atoms with Gasteiger partial charge < -0.3 is 9.84 Å². The van der Waals surface area contributed by atoms with Crippen molar-refractivity contribution in [3.63, 3.8) is 0 Å². The maximum atomic E-state index is 12.3. The average molecular weight is 252 g/mol. The summed E-state index contributed by atoms with van der Waals surface area (Å²) in [6.07, 6.45) is 3.38. The molecule has 1 N–H and O–H groups in total. The van der Waals surface area contributed by atoms with Gasteiger partial charge >= 0.3 is 0 Å². The third kappa shape index (κ3) is 2.33. The van der Waals surface area contributed by atoms with Gasteiger partial charge in [-0.3, -0.25) is 4.79 Å². The monoisotopic (exact) mass is 252 g/mol. The number of carbonyl (C=O) groups excluding carboxylic acids is 1. The highest BCUT2D eigenvalue weighted by atomic mass is 16.5. The zero-order chi connectivity index (χ0) is 13.5. The Kier molecular flexibility index (Phi) is 3.54. The van der Waals surface area contributed by atoms with Gasteiger partial charge in [-0.05, 0) is 31.8 Å². The van der Waals surface area contributed by atoms with Gasteiger partial charge in [0.25, 0.3) is 0 Å². The van der Waals surface area contributed by atoms with Gasteiger partial charge in [-0.15, -0.1) is 0 Å². The second-order valence-electron chi connectivity index (χ2n) is 6.39. The van der Waals surface area contributed by atoms with Crippen molar-refractivity contribution in [3.05, 3.63) is 11.8 Å². The fourth-order valence-electron chi connectivity index (χ4n) is 2.94. The molecule has 2 heterocycles. The zero-order valence-electron chi connectivity index (χ0n) is 11.8. The smallest absolute Gasteiger partial charge is 0.144 e. The summed E-state index contributed by atoms with van der Waals surface area (Å²) >= 11 is 0. The number of carbonyl (C=O) groups is 1. The van der Waals surface area contributed by atoms with Crippen LogP contribution in [0.4, 0.5) is 0 Å². The van der Waals surface area contributed by atoms with Gasteiger partial charge in [-0.2, -0.15) is 0 Å². The Morgan fingerprint density at radius 3 is 2.72 bits per heavy atom. The maximum absolute atomic E-state index is 12.3. The van der Waals surface area contributed by atoms with E-state index in [2.05, 4.69) is 20.8 Å². The maximum Gasteiger partial charge on any atom is 0.144 e. The number of Topliss-reactive ketones (excluding diaryl/α,β-unsaturated/α-hetero) is 1. The third-order valence-corrected chi connectivity index (χ3v) is 4.37. The van der Waals surface area contributed by atoms with Crippen molar-refractivity contribution in [3.8, 4) is 0 Å². The van der Waals surface area contributed by atoms with E-state index in [1.807, 2.05) is 13.0 Å². The Balaban J connectivity index is 2.41. The van der Waals surface area contributed by atoms with E-state index in [1.54, 1.807) is 0 Å². The average Bonchev–Trinajstić information content (AvgIpc) is 2.47. The van der Waals surface area contributed by atoms with E-state index in [0.29, 0.717) is 12.8 Å². The SMILES string of the molecule is CC(C)[C@@H]1C=C2O[C@@](C)(CC1=O)[C@@H](O)CC[C@@H]2C. The molecular formula is C15H24O3. The Bertz CT molecular complexity index is 372. The second kappa shape index (κ2) is 4.69. The van der Waals surface area contributed by atoms with Crippen molar-refractivity contribution in [1.29, 1.82) is 0 Å². The molecule has 102 valence electrons. The van der Waals surface area contributed by atoms with E-state index in [4.69, 9.17) is 4.74 Å². The van der Waals surface area contributed by atoms with E-state index < -0.39 is 11.7 Å². The van der Waals surface area contributed by atoms with Crippen LogP contribution in [0.5, 0.6) is 0 Å². The minimum Gasteiger partial charge on any atom is -0.489 e. The minimum atomic E-state index is -0.739. The van der Waals surface area contributed by atoms with Gasteiger partial charge in [0.15, 0.2) is 0 Å². The lowest BCUT2D eigenvalue weighted by Gasteiger charge is -2.32. The van der Waals surface area contributed by atoms with Crippen molar-refractivity contribution in [1.82, 2.24) is 0 Å².